The van der Waals surface area contributed by atoms with E-state index in [0.29, 0.717) is 5.82 Å². The molecule has 1 saturated heterocycles. The van der Waals surface area contributed by atoms with Crippen LogP contribution >= 0.6 is 0 Å². The van der Waals surface area contributed by atoms with Gasteiger partial charge in [0, 0.05) is 49.7 Å². The van der Waals surface area contributed by atoms with Crippen molar-refractivity contribution >= 4 is 17.7 Å². The summed E-state index contributed by atoms with van der Waals surface area (Å²) in [4.78, 5) is 25.5. The summed E-state index contributed by atoms with van der Waals surface area (Å²) in [5.74, 6) is 2.33. The number of anilines is 2. The molecule has 1 aliphatic heterocycles. The first-order valence-electron chi connectivity index (χ1n) is 9.72. The molecule has 152 valence electrons. The number of likely N-dealkylation sites (N-methyl/N-ethyl adjacent to an activating group) is 1. The van der Waals surface area contributed by atoms with Gasteiger partial charge in [0.2, 0.25) is 0 Å². The van der Waals surface area contributed by atoms with E-state index in [1.807, 2.05) is 51.0 Å². The third-order valence-electron chi connectivity index (χ3n) is 4.77. The van der Waals surface area contributed by atoms with Crippen LogP contribution in [-0.2, 0) is 6.54 Å². The summed E-state index contributed by atoms with van der Waals surface area (Å²) in [5.41, 5.74) is 0.979. The maximum absolute atomic E-state index is 12.3. The zero-order chi connectivity index (χ0) is 20.1. The van der Waals surface area contributed by atoms with E-state index in [2.05, 4.69) is 35.5 Å². The first-order valence-corrected chi connectivity index (χ1v) is 9.72. The highest BCUT2D eigenvalue weighted by atomic mass is 16.2. The maximum atomic E-state index is 12.3. The van der Waals surface area contributed by atoms with E-state index in [9.17, 15) is 4.79 Å². The Labute approximate surface area is 166 Å². The monoisotopic (exact) mass is 386 g/mol. The first-order chi connectivity index (χ1) is 13.4. The molecule has 1 aliphatic rings. The lowest BCUT2D eigenvalue weighted by Gasteiger charge is -2.33. The van der Waals surface area contributed by atoms with Crippen molar-refractivity contribution in [2.45, 2.75) is 39.3 Å². The van der Waals surface area contributed by atoms with Gasteiger partial charge in [0.25, 0.3) is 0 Å². The van der Waals surface area contributed by atoms with Crippen molar-refractivity contribution in [1.29, 1.82) is 0 Å². The van der Waals surface area contributed by atoms with Gasteiger partial charge in [0.05, 0.1) is 6.54 Å². The minimum atomic E-state index is -0.204. The van der Waals surface area contributed by atoms with Gasteiger partial charge in [0.1, 0.15) is 11.6 Å². The molecule has 2 aromatic rings. The maximum Gasteiger partial charge on any atom is 0.320 e. The normalized spacial score (nSPS) is 15.1. The molecule has 3 heterocycles. The third-order valence-corrected chi connectivity index (χ3v) is 4.77. The Balaban J connectivity index is 1.45. The number of rotatable bonds is 6. The fourth-order valence-electron chi connectivity index (χ4n) is 3.31. The smallest absolute Gasteiger partial charge is 0.320 e. The standard InChI is InChI=1S/C19H30N8O/c1-14-13-18(21-15(2)20-14)26-8-5-16(6-9-26)22-19(28)23-17-7-10-27(24-17)12-11-25(3)4/h7,10,13,16H,5-6,8-9,11-12H2,1-4H3,(H2,22,23,24,28). The zero-order valence-electron chi connectivity index (χ0n) is 17.1. The first kappa shape index (κ1) is 20.1. The summed E-state index contributed by atoms with van der Waals surface area (Å²) in [6.45, 7) is 7.31. The van der Waals surface area contributed by atoms with Gasteiger partial charge in [-0.2, -0.15) is 5.10 Å². The number of hydrogen-bond acceptors (Lipinski definition) is 6. The topological polar surface area (TPSA) is 91.2 Å². The highest BCUT2D eigenvalue weighted by molar-refractivity contribution is 5.88. The van der Waals surface area contributed by atoms with E-state index < -0.39 is 0 Å². The Hall–Kier alpha value is -2.68. The van der Waals surface area contributed by atoms with Crippen LogP contribution in [0.15, 0.2) is 18.3 Å². The molecule has 9 nitrogen and oxygen atoms in total. The lowest BCUT2D eigenvalue weighted by Crippen LogP contribution is -2.46. The molecule has 0 bridgehead atoms. The van der Waals surface area contributed by atoms with Crippen molar-refractivity contribution in [1.82, 2.24) is 30.0 Å². The van der Waals surface area contributed by atoms with Crippen LogP contribution in [-0.4, -0.2) is 70.5 Å². The highest BCUT2D eigenvalue weighted by Crippen LogP contribution is 2.19. The van der Waals surface area contributed by atoms with E-state index >= 15 is 0 Å². The number of carbonyl (C=O) groups is 1. The summed E-state index contributed by atoms with van der Waals surface area (Å²) in [7, 11) is 4.04. The number of aromatic nitrogens is 4. The van der Waals surface area contributed by atoms with Gasteiger partial charge >= 0.3 is 6.03 Å². The average molecular weight is 387 g/mol. The van der Waals surface area contributed by atoms with Crippen molar-refractivity contribution < 1.29 is 4.79 Å². The van der Waals surface area contributed by atoms with Crippen LogP contribution in [0.4, 0.5) is 16.4 Å². The quantitative estimate of drug-likeness (QED) is 0.784. The molecule has 0 unspecified atom stereocenters. The van der Waals surface area contributed by atoms with Gasteiger partial charge < -0.3 is 15.1 Å². The summed E-state index contributed by atoms with van der Waals surface area (Å²) in [5, 5.41) is 10.3. The fraction of sp³-hybridized carbons (Fsp3) is 0.579. The molecule has 1 fully saturated rings. The molecule has 0 saturated carbocycles. The minimum absolute atomic E-state index is 0.149. The molecule has 2 aromatic heterocycles. The van der Waals surface area contributed by atoms with Crippen LogP contribution in [0.25, 0.3) is 0 Å². The van der Waals surface area contributed by atoms with Crippen LogP contribution in [0.5, 0.6) is 0 Å². The lowest BCUT2D eigenvalue weighted by atomic mass is 10.1. The van der Waals surface area contributed by atoms with Gasteiger partial charge in [-0.15, -0.1) is 0 Å². The van der Waals surface area contributed by atoms with E-state index in [1.165, 1.54) is 0 Å². The van der Waals surface area contributed by atoms with Crippen molar-refractivity contribution in [3.8, 4) is 0 Å². The molecule has 2 amide bonds. The molecule has 0 aliphatic carbocycles. The molecule has 0 radical (unpaired) electrons. The second-order valence-electron chi connectivity index (χ2n) is 7.54. The van der Waals surface area contributed by atoms with Crippen molar-refractivity contribution in [3.05, 3.63) is 29.8 Å². The predicted octanol–water partition coefficient (Wildman–Crippen LogP) is 1.64. The van der Waals surface area contributed by atoms with Crippen LogP contribution in [0, 0.1) is 13.8 Å². The van der Waals surface area contributed by atoms with E-state index in [-0.39, 0.29) is 12.1 Å². The van der Waals surface area contributed by atoms with Gasteiger partial charge in [-0.25, -0.2) is 14.8 Å². The number of nitrogens with zero attached hydrogens (tertiary/aromatic N) is 6. The van der Waals surface area contributed by atoms with E-state index in [1.54, 1.807) is 0 Å². The lowest BCUT2D eigenvalue weighted by molar-refractivity contribution is 0.246. The molecule has 9 heteroatoms. The predicted molar refractivity (Wildman–Crippen MR) is 110 cm³/mol. The van der Waals surface area contributed by atoms with Crippen molar-refractivity contribution in [3.63, 3.8) is 0 Å². The number of hydrogen-bond donors (Lipinski definition) is 2. The number of amides is 2. The highest BCUT2D eigenvalue weighted by Gasteiger charge is 2.22. The van der Waals surface area contributed by atoms with Gasteiger partial charge in [-0.05, 0) is 40.8 Å². The Morgan fingerprint density at radius 2 is 2.00 bits per heavy atom. The summed E-state index contributed by atoms with van der Waals surface area (Å²) in [6.07, 6.45) is 3.64. The molecule has 0 spiro atoms. The molecule has 28 heavy (non-hydrogen) atoms. The van der Waals surface area contributed by atoms with Gasteiger partial charge in [-0.3, -0.25) is 10.00 Å². The number of aryl methyl sites for hydroxylation is 2. The minimum Gasteiger partial charge on any atom is -0.356 e. The molecular weight excluding hydrogens is 356 g/mol. The average Bonchev–Trinajstić information content (AvgIpc) is 3.07. The second-order valence-corrected chi connectivity index (χ2v) is 7.54. The molecule has 0 aromatic carbocycles. The Bertz CT molecular complexity index is 775. The van der Waals surface area contributed by atoms with Crippen molar-refractivity contribution in [2.75, 3.05) is 43.9 Å². The largest absolute Gasteiger partial charge is 0.356 e. The summed E-state index contributed by atoms with van der Waals surface area (Å²) in [6, 6.07) is 3.78. The SMILES string of the molecule is Cc1cc(N2CCC(NC(=O)Nc3ccn(CCN(C)C)n3)CC2)nc(C)n1. The Morgan fingerprint density at radius 3 is 2.68 bits per heavy atom. The number of carbonyl (C=O) groups excluding carboxylic acids is 1. The van der Waals surface area contributed by atoms with Crippen LogP contribution < -0.4 is 15.5 Å². The van der Waals surface area contributed by atoms with E-state index in [0.717, 1.165) is 56.4 Å². The zero-order valence-corrected chi connectivity index (χ0v) is 17.1. The summed E-state index contributed by atoms with van der Waals surface area (Å²) < 4.78 is 1.83. The van der Waals surface area contributed by atoms with Crippen LogP contribution in [0.1, 0.15) is 24.4 Å². The number of nitrogens with one attached hydrogen (secondary N) is 2. The fourth-order valence-corrected chi connectivity index (χ4v) is 3.31. The Kier molecular flexibility index (Phi) is 6.45. The van der Waals surface area contributed by atoms with Gasteiger partial charge in [0.15, 0.2) is 5.82 Å². The molecule has 2 N–H and O–H groups in total. The third kappa shape index (κ3) is 5.66. The number of urea groups is 1. The summed E-state index contributed by atoms with van der Waals surface area (Å²) >= 11 is 0. The molecular formula is C19H30N8O. The second kappa shape index (κ2) is 9.01. The van der Waals surface area contributed by atoms with Crippen molar-refractivity contribution in [2.24, 2.45) is 0 Å². The number of piperidine rings is 1. The van der Waals surface area contributed by atoms with E-state index in [4.69, 9.17) is 0 Å². The van der Waals surface area contributed by atoms with Gasteiger partial charge in [-0.1, -0.05) is 0 Å². The van der Waals surface area contributed by atoms with Crippen LogP contribution in [0.3, 0.4) is 0 Å². The van der Waals surface area contributed by atoms with Crippen LogP contribution in [0.2, 0.25) is 0 Å². The molecule has 0 atom stereocenters. The molecule has 3 rings (SSSR count). The Morgan fingerprint density at radius 1 is 1.25 bits per heavy atom.